The van der Waals surface area contributed by atoms with E-state index in [0.29, 0.717) is 22.2 Å². The molecular formula is C18H19ClN6O. The molecule has 8 heteroatoms. The second-order valence-corrected chi connectivity index (χ2v) is 6.67. The highest BCUT2D eigenvalue weighted by molar-refractivity contribution is 6.32. The summed E-state index contributed by atoms with van der Waals surface area (Å²) in [5.41, 5.74) is 27.1. The van der Waals surface area contributed by atoms with Crippen molar-refractivity contribution in [2.45, 2.75) is 19.8 Å². The number of aromatic nitrogens is 2. The SMILES string of the molecule is C/C(N)=C(/c1cc(Cl)c(C#Cc2[nH]nc(N)c2C(N)=O)cc1N)C1CC1. The fourth-order valence-electron chi connectivity index (χ4n) is 2.87. The molecule has 0 unspecified atom stereocenters. The molecule has 134 valence electrons. The molecule has 1 saturated carbocycles. The van der Waals surface area contributed by atoms with Crippen LogP contribution in [0.5, 0.6) is 0 Å². The zero-order valence-electron chi connectivity index (χ0n) is 14.2. The second-order valence-electron chi connectivity index (χ2n) is 6.26. The van der Waals surface area contributed by atoms with E-state index >= 15 is 0 Å². The predicted octanol–water partition coefficient (Wildman–Crippen LogP) is 1.83. The third kappa shape index (κ3) is 3.32. The van der Waals surface area contributed by atoms with Gasteiger partial charge in [-0.1, -0.05) is 17.5 Å². The highest BCUT2D eigenvalue weighted by Crippen LogP contribution is 2.45. The van der Waals surface area contributed by atoms with Crippen LogP contribution in [0.2, 0.25) is 5.02 Å². The lowest BCUT2D eigenvalue weighted by Gasteiger charge is -2.13. The number of benzene rings is 1. The van der Waals surface area contributed by atoms with Gasteiger partial charge in [-0.2, -0.15) is 5.10 Å². The average Bonchev–Trinajstić information content (AvgIpc) is 3.30. The van der Waals surface area contributed by atoms with Crippen LogP contribution in [0.3, 0.4) is 0 Å². The molecule has 2 aromatic rings. The zero-order chi connectivity index (χ0) is 19.0. The van der Waals surface area contributed by atoms with Crippen molar-refractivity contribution in [1.82, 2.24) is 10.2 Å². The van der Waals surface area contributed by atoms with E-state index in [4.69, 9.17) is 34.5 Å². The molecule has 1 heterocycles. The number of nitrogens with two attached hydrogens (primary N) is 4. The number of nitrogen functional groups attached to an aromatic ring is 2. The molecule has 0 aliphatic heterocycles. The van der Waals surface area contributed by atoms with Gasteiger partial charge in [-0.25, -0.2) is 0 Å². The number of hydrogen-bond donors (Lipinski definition) is 5. The van der Waals surface area contributed by atoms with Gasteiger partial charge < -0.3 is 22.9 Å². The van der Waals surface area contributed by atoms with Crippen LogP contribution in [0, 0.1) is 17.8 Å². The maximum Gasteiger partial charge on any atom is 0.255 e. The molecule has 0 radical (unpaired) electrons. The number of nitrogens with one attached hydrogen (secondary N) is 1. The molecule has 0 spiro atoms. The summed E-state index contributed by atoms with van der Waals surface area (Å²) in [4.78, 5) is 11.4. The maximum atomic E-state index is 11.4. The van der Waals surface area contributed by atoms with E-state index in [2.05, 4.69) is 22.0 Å². The summed E-state index contributed by atoms with van der Waals surface area (Å²) in [5.74, 6) is 5.38. The van der Waals surface area contributed by atoms with Crippen molar-refractivity contribution in [1.29, 1.82) is 0 Å². The standard InChI is InChI=1S/C18H19ClN6O/c1-8(20)15(9-2-3-9)11-7-12(19)10(6-13(11)21)4-5-14-16(18(23)26)17(22)25-24-14/h6-7,9H,2-3,20-21H2,1H3,(H2,23,26)(H3,22,24,25)/b15-8-. The number of primary amides is 1. The largest absolute Gasteiger partial charge is 0.402 e. The van der Waals surface area contributed by atoms with Crippen LogP contribution in [-0.4, -0.2) is 16.1 Å². The third-order valence-electron chi connectivity index (χ3n) is 4.20. The normalized spacial score (nSPS) is 14.4. The zero-order valence-corrected chi connectivity index (χ0v) is 14.9. The van der Waals surface area contributed by atoms with Crippen molar-refractivity contribution in [2.75, 3.05) is 11.5 Å². The van der Waals surface area contributed by atoms with Gasteiger partial charge in [0.1, 0.15) is 11.3 Å². The number of H-pyrrole nitrogens is 1. The Bertz CT molecular complexity index is 987. The highest BCUT2D eigenvalue weighted by atomic mass is 35.5. The van der Waals surface area contributed by atoms with Crippen LogP contribution in [0.4, 0.5) is 11.5 Å². The smallest absolute Gasteiger partial charge is 0.255 e. The van der Waals surface area contributed by atoms with Gasteiger partial charge in [0.2, 0.25) is 0 Å². The lowest BCUT2D eigenvalue weighted by Crippen LogP contribution is -2.13. The van der Waals surface area contributed by atoms with E-state index in [1.165, 1.54) is 0 Å². The number of allylic oxidation sites excluding steroid dienone is 2. The quantitative estimate of drug-likeness (QED) is 0.412. The molecule has 0 saturated heterocycles. The van der Waals surface area contributed by atoms with Crippen LogP contribution in [0.1, 0.15) is 46.9 Å². The van der Waals surface area contributed by atoms with E-state index in [1.54, 1.807) is 12.1 Å². The number of nitrogens with zero attached hydrogens (tertiary/aromatic N) is 1. The monoisotopic (exact) mass is 370 g/mol. The Morgan fingerprint density at radius 1 is 1.27 bits per heavy atom. The lowest BCUT2D eigenvalue weighted by molar-refractivity contribution is 0.100. The summed E-state index contributed by atoms with van der Waals surface area (Å²) < 4.78 is 0. The third-order valence-corrected chi connectivity index (χ3v) is 4.52. The van der Waals surface area contributed by atoms with E-state index in [9.17, 15) is 4.79 Å². The van der Waals surface area contributed by atoms with Crippen molar-refractivity contribution in [3.63, 3.8) is 0 Å². The Hall–Kier alpha value is -3.11. The Kier molecular flexibility index (Phi) is 4.53. The van der Waals surface area contributed by atoms with Gasteiger partial charge in [0, 0.05) is 22.5 Å². The molecule has 9 N–H and O–H groups in total. The van der Waals surface area contributed by atoms with E-state index in [0.717, 1.165) is 29.7 Å². The molecule has 0 atom stereocenters. The molecule has 1 aromatic heterocycles. The Morgan fingerprint density at radius 3 is 2.54 bits per heavy atom. The molecule has 26 heavy (non-hydrogen) atoms. The molecular weight excluding hydrogens is 352 g/mol. The van der Waals surface area contributed by atoms with Crippen molar-refractivity contribution < 1.29 is 4.79 Å². The van der Waals surface area contributed by atoms with Gasteiger partial charge in [0.25, 0.3) is 5.91 Å². The van der Waals surface area contributed by atoms with Gasteiger partial charge in [-0.05, 0) is 49.3 Å². The molecule has 1 fully saturated rings. The summed E-state index contributed by atoms with van der Waals surface area (Å²) in [5, 5.41) is 6.76. The number of carbonyl (C=O) groups is 1. The van der Waals surface area contributed by atoms with Crippen molar-refractivity contribution in [3.05, 3.63) is 45.2 Å². The first-order valence-corrected chi connectivity index (χ1v) is 8.38. The Balaban J connectivity index is 2.01. The first-order valence-electron chi connectivity index (χ1n) is 8.00. The summed E-state index contributed by atoms with van der Waals surface area (Å²) in [6, 6.07) is 3.47. The molecule has 1 aromatic carbocycles. The van der Waals surface area contributed by atoms with E-state index < -0.39 is 5.91 Å². The molecule has 0 bridgehead atoms. The highest BCUT2D eigenvalue weighted by Gasteiger charge is 2.29. The number of aromatic amines is 1. The summed E-state index contributed by atoms with van der Waals surface area (Å²) in [6.45, 7) is 1.86. The second kappa shape index (κ2) is 6.65. The first kappa shape index (κ1) is 17.7. The summed E-state index contributed by atoms with van der Waals surface area (Å²) in [7, 11) is 0. The molecule has 7 nitrogen and oxygen atoms in total. The minimum absolute atomic E-state index is 0.000363. The van der Waals surface area contributed by atoms with Crippen LogP contribution in [-0.2, 0) is 0 Å². The topological polar surface area (TPSA) is 150 Å². The molecule has 1 aliphatic carbocycles. The van der Waals surface area contributed by atoms with Crippen LogP contribution < -0.4 is 22.9 Å². The van der Waals surface area contributed by atoms with Crippen molar-refractivity contribution in [2.24, 2.45) is 17.4 Å². The van der Waals surface area contributed by atoms with Crippen molar-refractivity contribution >= 4 is 34.6 Å². The predicted molar refractivity (Wildman–Crippen MR) is 103 cm³/mol. The van der Waals surface area contributed by atoms with Crippen LogP contribution in [0.25, 0.3) is 5.57 Å². The number of amides is 1. The average molecular weight is 371 g/mol. The molecule has 3 rings (SSSR count). The minimum Gasteiger partial charge on any atom is -0.402 e. The van der Waals surface area contributed by atoms with Crippen molar-refractivity contribution in [3.8, 4) is 11.8 Å². The number of halogens is 1. The van der Waals surface area contributed by atoms with Crippen LogP contribution in [0.15, 0.2) is 17.8 Å². The number of anilines is 2. The minimum atomic E-state index is -0.709. The van der Waals surface area contributed by atoms with Gasteiger partial charge in [-0.3, -0.25) is 9.89 Å². The number of rotatable bonds is 3. The first-order chi connectivity index (χ1) is 12.3. The van der Waals surface area contributed by atoms with Gasteiger partial charge in [0.15, 0.2) is 5.82 Å². The van der Waals surface area contributed by atoms with Gasteiger partial charge >= 0.3 is 0 Å². The van der Waals surface area contributed by atoms with Crippen LogP contribution >= 0.6 is 11.6 Å². The molecule has 1 aliphatic rings. The summed E-state index contributed by atoms with van der Waals surface area (Å²) >= 11 is 6.39. The Morgan fingerprint density at radius 2 is 1.96 bits per heavy atom. The fourth-order valence-corrected chi connectivity index (χ4v) is 3.08. The van der Waals surface area contributed by atoms with Gasteiger partial charge in [0.05, 0.1) is 5.02 Å². The fraction of sp³-hybridized carbons (Fsp3) is 0.222. The molecule has 1 amide bonds. The maximum absolute atomic E-state index is 11.4. The lowest BCUT2D eigenvalue weighted by atomic mass is 9.96. The summed E-state index contributed by atoms with van der Waals surface area (Å²) in [6.07, 6.45) is 2.19. The van der Waals surface area contributed by atoms with E-state index in [-0.39, 0.29) is 17.1 Å². The number of carbonyl (C=O) groups excluding carboxylic acids is 1. The van der Waals surface area contributed by atoms with Gasteiger partial charge in [-0.15, -0.1) is 0 Å². The Labute approximate surface area is 155 Å². The number of hydrogen-bond acceptors (Lipinski definition) is 5. The van der Waals surface area contributed by atoms with E-state index in [1.807, 2.05) is 6.92 Å².